The van der Waals surface area contributed by atoms with Crippen LogP contribution in [0.2, 0.25) is 0 Å². The van der Waals surface area contributed by atoms with E-state index in [2.05, 4.69) is 60.0 Å². The van der Waals surface area contributed by atoms with Crippen molar-refractivity contribution in [1.29, 1.82) is 0 Å². The maximum atomic E-state index is 13.3. The summed E-state index contributed by atoms with van der Waals surface area (Å²) in [5.74, 6) is 6.91. The van der Waals surface area contributed by atoms with E-state index in [-0.39, 0.29) is 44.3 Å². The van der Waals surface area contributed by atoms with E-state index in [4.69, 9.17) is 5.84 Å². The van der Waals surface area contributed by atoms with Crippen LogP contribution in [0.5, 0.6) is 0 Å². The van der Waals surface area contributed by atoms with E-state index in [1.807, 2.05) is 0 Å². The lowest BCUT2D eigenvalue weighted by atomic mass is 9.33. The molecule has 0 aromatic rings. The lowest BCUT2D eigenvalue weighted by molar-refractivity contribution is -0.231. The van der Waals surface area contributed by atoms with Crippen LogP contribution in [-0.4, -0.2) is 28.3 Å². The molecule has 0 heterocycles. The molecule has 9 atom stereocenters. The van der Waals surface area contributed by atoms with Gasteiger partial charge in [0.1, 0.15) is 0 Å². The van der Waals surface area contributed by atoms with Crippen LogP contribution in [0.4, 0.5) is 0 Å². The van der Waals surface area contributed by atoms with Crippen molar-refractivity contribution < 1.29 is 15.0 Å². The summed E-state index contributed by atoms with van der Waals surface area (Å²) in [4.78, 5) is 13.3. The number of allylic oxidation sites excluding steroid dienone is 2. The van der Waals surface area contributed by atoms with Gasteiger partial charge in [-0.1, -0.05) is 60.1 Å². The molecule has 0 bridgehead atoms. The highest BCUT2D eigenvalue weighted by Gasteiger charge is 2.69. The maximum Gasteiger partial charge on any atom is 0.240 e. The second-order valence-corrected chi connectivity index (χ2v) is 15.4. The van der Waals surface area contributed by atoms with E-state index < -0.39 is 12.2 Å². The SMILES string of the molecule is CC1(C)CC[C@]2(C(=O)NN)CC[C@]3(C)C(=CC[C@@H]4[C@@]5(C)C[C@H](O)[C@H](O)C(C)(C)[C@@H]5CC[C@]43C)[C@H]2C1. The number of carbonyl (C=O) groups is 1. The van der Waals surface area contributed by atoms with Crippen molar-refractivity contribution in [3.05, 3.63) is 11.6 Å². The summed E-state index contributed by atoms with van der Waals surface area (Å²) in [5, 5.41) is 21.9. The highest BCUT2D eigenvalue weighted by atomic mass is 16.3. The molecule has 5 aliphatic rings. The molecule has 35 heavy (non-hydrogen) atoms. The molecule has 0 aromatic heterocycles. The van der Waals surface area contributed by atoms with Crippen molar-refractivity contribution in [3.8, 4) is 0 Å². The Labute approximate surface area is 212 Å². The Kier molecular flexibility index (Phi) is 5.56. The third-order valence-corrected chi connectivity index (χ3v) is 13.2. The fourth-order valence-corrected chi connectivity index (χ4v) is 10.9. The van der Waals surface area contributed by atoms with Crippen LogP contribution >= 0.6 is 0 Å². The van der Waals surface area contributed by atoms with Crippen LogP contribution in [0.25, 0.3) is 0 Å². The summed E-state index contributed by atoms with van der Waals surface area (Å²) in [7, 11) is 0. The Bertz CT molecular complexity index is 942. The molecule has 0 aromatic carbocycles. The highest BCUT2D eigenvalue weighted by Crippen LogP contribution is 2.75. The maximum absolute atomic E-state index is 13.3. The van der Waals surface area contributed by atoms with Crippen molar-refractivity contribution in [2.24, 2.45) is 56.1 Å². The molecule has 0 aliphatic heterocycles. The van der Waals surface area contributed by atoms with E-state index in [1.54, 1.807) is 0 Å². The third-order valence-electron chi connectivity index (χ3n) is 13.2. The van der Waals surface area contributed by atoms with Gasteiger partial charge in [-0.2, -0.15) is 0 Å². The fourth-order valence-electron chi connectivity index (χ4n) is 10.9. The molecule has 5 N–H and O–H groups in total. The molecule has 198 valence electrons. The van der Waals surface area contributed by atoms with E-state index >= 15 is 0 Å². The van der Waals surface area contributed by atoms with Crippen LogP contribution in [0.1, 0.15) is 106 Å². The van der Waals surface area contributed by atoms with Gasteiger partial charge in [0.05, 0.1) is 17.6 Å². The zero-order valence-electron chi connectivity index (χ0n) is 23.2. The molecule has 0 unspecified atom stereocenters. The summed E-state index contributed by atoms with van der Waals surface area (Å²) < 4.78 is 0. The average Bonchev–Trinajstić information content (AvgIpc) is 2.77. The minimum Gasteiger partial charge on any atom is -0.390 e. The smallest absolute Gasteiger partial charge is 0.240 e. The number of hydrogen-bond donors (Lipinski definition) is 4. The number of carbonyl (C=O) groups excluding carboxylic acids is 1. The summed E-state index contributed by atoms with van der Waals surface area (Å²) in [6, 6.07) is 0. The second kappa shape index (κ2) is 7.57. The molecule has 0 radical (unpaired) electrons. The van der Waals surface area contributed by atoms with Gasteiger partial charge < -0.3 is 10.2 Å². The zero-order valence-corrected chi connectivity index (χ0v) is 23.2. The standard InChI is InChI=1S/C30H50N2O3/c1-25(2)12-14-30(24(35)32-31)15-13-28(6)18(19(30)16-25)8-9-22-27(5)17-20(33)23(34)26(3,4)21(27)10-11-29(22,28)7/h8,19-23,33-34H,9-17,31H2,1-7H3,(H,32,35)/t19-,20+,21+,22-,23+,27+,28-,29-,30+/m1/s1. The molecule has 1 amide bonds. The van der Waals surface area contributed by atoms with Crippen LogP contribution in [-0.2, 0) is 4.79 Å². The Morgan fingerprint density at radius 2 is 1.60 bits per heavy atom. The predicted molar refractivity (Wildman–Crippen MR) is 139 cm³/mol. The summed E-state index contributed by atoms with van der Waals surface area (Å²) in [6.07, 6.45) is 10.1. The highest BCUT2D eigenvalue weighted by molar-refractivity contribution is 5.83. The van der Waals surface area contributed by atoms with Gasteiger partial charge in [0.2, 0.25) is 5.91 Å². The lowest BCUT2D eigenvalue weighted by Crippen LogP contribution is -2.67. The quantitative estimate of drug-likeness (QED) is 0.179. The molecule has 0 saturated heterocycles. The number of rotatable bonds is 1. The molecular weight excluding hydrogens is 436 g/mol. The first-order valence-electron chi connectivity index (χ1n) is 14.2. The lowest BCUT2D eigenvalue weighted by Gasteiger charge is -2.71. The monoisotopic (exact) mass is 486 g/mol. The first-order chi connectivity index (χ1) is 16.1. The van der Waals surface area contributed by atoms with E-state index in [0.29, 0.717) is 18.3 Å². The van der Waals surface area contributed by atoms with E-state index in [0.717, 1.165) is 51.4 Å². The van der Waals surface area contributed by atoms with Gasteiger partial charge in [-0.25, -0.2) is 5.84 Å². The van der Waals surface area contributed by atoms with E-state index in [9.17, 15) is 15.0 Å². The van der Waals surface area contributed by atoms with E-state index in [1.165, 1.54) is 5.57 Å². The minimum absolute atomic E-state index is 0.0187. The number of hydrazine groups is 1. The van der Waals surface area contributed by atoms with Crippen molar-refractivity contribution in [2.45, 2.75) is 118 Å². The molecule has 5 aliphatic carbocycles. The van der Waals surface area contributed by atoms with Crippen LogP contribution in [0.3, 0.4) is 0 Å². The molecular formula is C30H50N2O3. The first kappa shape index (κ1) is 25.7. The Morgan fingerprint density at radius 3 is 2.26 bits per heavy atom. The second-order valence-electron chi connectivity index (χ2n) is 15.4. The van der Waals surface area contributed by atoms with Gasteiger partial charge in [0.15, 0.2) is 0 Å². The van der Waals surface area contributed by atoms with Gasteiger partial charge >= 0.3 is 0 Å². The van der Waals surface area contributed by atoms with Gasteiger partial charge in [0.25, 0.3) is 0 Å². The molecule has 0 spiro atoms. The number of nitrogens with two attached hydrogens (primary N) is 1. The largest absolute Gasteiger partial charge is 0.390 e. The number of aliphatic hydroxyl groups excluding tert-OH is 2. The first-order valence-corrected chi connectivity index (χ1v) is 14.2. The minimum atomic E-state index is -0.668. The average molecular weight is 487 g/mol. The van der Waals surface area contributed by atoms with Gasteiger partial charge in [-0.15, -0.1) is 0 Å². The number of nitrogens with one attached hydrogen (secondary N) is 1. The predicted octanol–water partition coefficient (Wildman–Crippen LogP) is 5.11. The Morgan fingerprint density at radius 1 is 0.943 bits per heavy atom. The fraction of sp³-hybridized carbons (Fsp3) is 0.900. The van der Waals surface area contributed by atoms with Crippen molar-refractivity contribution in [3.63, 3.8) is 0 Å². The van der Waals surface area contributed by atoms with Crippen LogP contribution < -0.4 is 11.3 Å². The van der Waals surface area contributed by atoms with Gasteiger partial charge in [-0.3, -0.25) is 10.2 Å². The Balaban J connectivity index is 1.61. The number of fused-ring (bicyclic) bond motifs is 7. The molecule has 5 heteroatoms. The van der Waals surface area contributed by atoms with Crippen molar-refractivity contribution in [1.82, 2.24) is 5.43 Å². The van der Waals surface area contributed by atoms with Crippen LogP contribution in [0.15, 0.2) is 11.6 Å². The summed E-state index contributed by atoms with van der Waals surface area (Å²) in [5.41, 5.74) is 3.75. The summed E-state index contributed by atoms with van der Waals surface area (Å²) >= 11 is 0. The number of hydrogen-bond acceptors (Lipinski definition) is 4. The van der Waals surface area contributed by atoms with Gasteiger partial charge in [-0.05, 0) is 103 Å². The van der Waals surface area contributed by atoms with Gasteiger partial charge in [0, 0.05) is 0 Å². The van der Waals surface area contributed by atoms with Crippen LogP contribution in [0, 0.1) is 50.2 Å². The molecule has 4 saturated carbocycles. The summed E-state index contributed by atoms with van der Waals surface area (Å²) in [6.45, 7) is 16.5. The topological polar surface area (TPSA) is 95.6 Å². The Hall–Kier alpha value is -0.910. The molecule has 5 nitrogen and oxygen atoms in total. The molecule has 5 rings (SSSR count). The molecule has 4 fully saturated rings. The zero-order chi connectivity index (χ0) is 25.8. The van der Waals surface area contributed by atoms with Crippen molar-refractivity contribution >= 4 is 5.91 Å². The number of aliphatic hydroxyl groups is 2. The number of amides is 1. The van der Waals surface area contributed by atoms with Crippen molar-refractivity contribution in [2.75, 3.05) is 0 Å². The normalized spacial score (nSPS) is 52.2. The third kappa shape index (κ3) is 3.13.